The molecule has 0 spiro atoms. The van der Waals surface area contributed by atoms with E-state index in [1.54, 1.807) is 6.21 Å². The van der Waals surface area contributed by atoms with Crippen molar-refractivity contribution in [2.75, 3.05) is 11.9 Å². The number of hydrazone groups is 1. The van der Waals surface area contributed by atoms with Crippen molar-refractivity contribution in [3.05, 3.63) is 81.1 Å². The normalized spacial score (nSPS) is 11.1. The quantitative estimate of drug-likeness (QED) is 0.406. The predicted molar refractivity (Wildman–Crippen MR) is 123 cm³/mol. The highest BCUT2D eigenvalue weighted by Crippen LogP contribution is 2.29. The minimum absolute atomic E-state index is 0.157. The van der Waals surface area contributed by atoms with Crippen LogP contribution in [0.5, 0.6) is 0 Å². The highest BCUT2D eigenvalue weighted by atomic mass is 79.9. The zero-order chi connectivity index (χ0) is 21.0. The molecule has 0 aliphatic carbocycles. The number of hydrogen-bond acceptors (Lipinski definition) is 3. The van der Waals surface area contributed by atoms with Crippen LogP contribution in [0.4, 0.5) is 5.69 Å². The number of para-hydroxylation sites is 1. The Bertz CT molecular complexity index is 1050. The van der Waals surface area contributed by atoms with Gasteiger partial charge in [-0.15, -0.1) is 0 Å². The van der Waals surface area contributed by atoms with Gasteiger partial charge >= 0.3 is 0 Å². The summed E-state index contributed by atoms with van der Waals surface area (Å²) in [5.74, 6) is -0.201. The maximum atomic E-state index is 12.1. The molecule has 0 fully saturated rings. The fourth-order valence-electron chi connectivity index (χ4n) is 3.18. The van der Waals surface area contributed by atoms with Crippen molar-refractivity contribution in [1.82, 2.24) is 9.99 Å². The summed E-state index contributed by atoms with van der Waals surface area (Å²) in [4.78, 5) is 12.1. The Morgan fingerprint density at radius 2 is 1.76 bits per heavy atom. The number of benzene rings is 2. The van der Waals surface area contributed by atoms with Crippen molar-refractivity contribution in [2.24, 2.45) is 5.10 Å². The molecule has 3 rings (SSSR count). The Morgan fingerprint density at radius 3 is 2.45 bits per heavy atom. The van der Waals surface area contributed by atoms with E-state index in [1.807, 2.05) is 50.2 Å². The van der Waals surface area contributed by atoms with E-state index in [2.05, 4.69) is 62.3 Å². The molecule has 0 radical (unpaired) electrons. The van der Waals surface area contributed by atoms with Crippen LogP contribution in [-0.4, -0.2) is 23.2 Å². The molecule has 1 aromatic heterocycles. The molecule has 1 heterocycles. The zero-order valence-electron chi connectivity index (χ0n) is 17.1. The number of halogens is 1. The molecule has 0 bridgehead atoms. The molecular weight excluding hydrogens is 428 g/mol. The predicted octanol–water partition coefficient (Wildman–Crippen LogP) is 5.04. The molecule has 3 aromatic rings. The number of nitrogens with zero attached hydrogens (tertiary/aromatic N) is 2. The number of aromatic nitrogens is 1. The average Bonchev–Trinajstić information content (AvgIpc) is 2.92. The Labute approximate surface area is 180 Å². The van der Waals surface area contributed by atoms with Crippen molar-refractivity contribution >= 4 is 33.7 Å². The third kappa shape index (κ3) is 4.77. The molecule has 29 heavy (non-hydrogen) atoms. The van der Waals surface area contributed by atoms with Gasteiger partial charge in [0.15, 0.2) is 0 Å². The van der Waals surface area contributed by atoms with Gasteiger partial charge in [-0.25, -0.2) is 5.43 Å². The molecule has 0 aliphatic rings. The minimum atomic E-state index is -0.201. The van der Waals surface area contributed by atoms with Gasteiger partial charge in [-0.2, -0.15) is 5.10 Å². The van der Waals surface area contributed by atoms with Crippen molar-refractivity contribution in [1.29, 1.82) is 0 Å². The number of hydrogen-bond donors (Lipinski definition) is 2. The van der Waals surface area contributed by atoms with Crippen LogP contribution in [0.15, 0.2) is 58.1 Å². The van der Waals surface area contributed by atoms with E-state index in [0.717, 1.165) is 32.8 Å². The topological polar surface area (TPSA) is 58.4 Å². The molecular formula is C23H25BrN4O. The molecule has 5 nitrogen and oxygen atoms in total. The molecule has 2 N–H and O–H groups in total. The van der Waals surface area contributed by atoms with Gasteiger partial charge in [-0.3, -0.25) is 4.79 Å². The largest absolute Gasteiger partial charge is 0.376 e. The molecule has 6 heteroatoms. The maximum absolute atomic E-state index is 12.1. The van der Waals surface area contributed by atoms with E-state index in [-0.39, 0.29) is 12.5 Å². The van der Waals surface area contributed by atoms with Gasteiger partial charge in [0.2, 0.25) is 0 Å². The lowest BCUT2D eigenvalue weighted by Gasteiger charge is -2.09. The van der Waals surface area contributed by atoms with Gasteiger partial charge in [0.25, 0.3) is 5.91 Å². The second kappa shape index (κ2) is 9.09. The summed E-state index contributed by atoms with van der Waals surface area (Å²) in [5.41, 5.74) is 10.1. The van der Waals surface area contributed by atoms with Gasteiger partial charge < -0.3 is 9.88 Å². The van der Waals surface area contributed by atoms with Crippen LogP contribution in [0.25, 0.3) is 5.69 Å². The molecule has 0 saturated heterocycles. The second-order valence-electron chi connectivity index (χ2n) is 7.02. The lowest BCUT2D eigenvalue weighted by atomic mass is 10.1. The van der Waals surface area contributed by atoms with Gasteiger partial charge in [-0.1, -0.05) is 24.3 Å². The van der Waals surface area contributed by atoms with Crippen LogP contribution in [-0.2, 0) is 4.79 Å². The Kier molecular flexibility index (Phi) is 6.54. The Morgan fingerprint density at radius 1 is 1.03 bits per heavy atom. The van der Waals surface area contributed by atoms with E-state index < -0.39 is 0 Å². The molecule has 1 amide bonds. The van der Waals surface area contributed by atoms with Crippen LogP contribution >= 0.6 is 15.9 Å². The lowest BCUT2D eigenvalue weighted by molar-refractivity contribution is -0.119. The number of anilines is 1. The van der Waals surface area contributed by atoms with Crippen LogP contribution in [0, 0.1) is 27.7 Å². The van der Waals surface area contributed by atoms with Crippen LogP contribution < -0.4 is 10.7 Å². The van der Waals surface area contributed by atoms with Crippen molar-refractivity contribution < 1.29 is 4.79 Å². The number of rotatable bonds is 6. The first-order valence-electron chi connectivity index (χ1n) is 9.44. The average molecular weight is 453 g/mol. The first kappa shape index (κ1) is 20.9. The van der Waals surface area contributed by atoms with E-state index in [9.17, 15) is 4.79 Å². The molecule has 2 aromatic carbocycles. The SMILES string of the molecule is Cc1ccc(NCC(=O)N/N=C\c2c(Br)c(C)n(-c3ccccc3)c2C)cc1C. The first-order valence-corrected chi connectivity index (χ1v) is 10.2. The molecule has 0 atom stereocenters. The zero-order valence-corrected chi connectivity index (χ0v) is 18.7. The second-order valence-corrected chi connectivity index (χ2v) is 7.81. The van der Waals surface area contributed by atoms with Gasteiger partial charge in [0.1, 0.15) is 0 Å². The third-order valence-corrected chi connectivity index (χ3v) is 5.97. The summed E-state index contributed by atoms with van der Waals surface area (Å²) in [6.07, 6.45) is 1.68. The smallest absolute Gasteiger partial charge is 0.259 e. The van der Waals surface area contributed by atoms with Gasteiger partial charge in [0.05, 0.1) is 12.8 Å². The van der Waals surface area contributed by atoms with E-state index in [1.165, 1.54) is 11.1 Å². The van der Waals surface area contributed by atoms with E-state index in [0.29, 0.717) is 0 Å². The maximum Gasteiger partial charge on any atom is 0.259 e. The summed E-state index contributed by atoms with van der Waals surface area (Å²) < 4.78 is 3.12. The Hall–Kier alpha value is -2.86. The molecule has 0 aliphatic heterocycles. The van der Waals surface area contributed by atoms with Crippen LogP contribution in [0.1, 0.15) is 28.1 Å². The first-order chi connectivity index (χ1) is 13.9. The van der Waals surface area contributed by atoms with Crippen molar-refractivity contribution in [2.45, 2.75) is 27.7 Å². The third-order valence-electron chi connectivity index (χ3n) is 4.97. The highest BCUT2D eigenvalue weighted by molar-refractivity contribution is 9.10. The minimum Gasteiger partial charge on any atom is -0.376 e. The fourth-order valence-corrected chi connectivity index (χ4v) is 3.75. The molecule has 0 saturated carbocycles. The number of amides is 1. The summed E-state index contributed by atoms with van der Waals surface area (Å²) in [5, 5.41) is 7.27. The lowest BCUT2D eigenvalue weighted by Crippen LogP contribution is -2.25. The monoisotopic (exact) mass is 452 g/mol. The van der Waals surface area contributed by atoms with Crippen LogP contribution in [0.3, 0.4) is 0 Å². The van der Waals surface area contributed by atoms with Crippen LogP contribution in [0.2, 0.25) is 0 Å². The molecule has 150 valence electrons. The van der Waals surface area contributed by atoms with Crippen molar-refractivity contribution in [3.63, 3.8) is 0 Å². The number of nitrogens with one attached hydrogen (secondary N) is 2. The number of carbonyl (C=O) groups excluding carboxylic acids is 1. The van der Waals surface area contributed by atoms with Gasteiger partial charge in [0, 0.05) is 32.8 Å². The highest BCUT2D eigenvalue weighted by Gasteiger charge is 2.15. The van der Waals surface area contributed by atoms with Gasteiger partial charge in [-0.05, 0) is 79.0 Å². The Balaban J connectivity index is 1.66. The van der Waals surface area contributed by atoms with E-state index >= 15 is 0 Å². The van der Waals surface area contributed by atoms with E-state index in [4.69, 9.17) is 0 Å². The number of carbonyl (C=O) groups is 1. The number of aryl methyl sites for hydroxylation is 2. The fraction of sp³-hybridized carbons (Fsp3) is 0.217. The summed E-state index contributed by atoms with van der Waals surface area (Å²) in [6.45, 7) is 8.36. The summed E-state index contributed by atoms with van der Waals surface area (Å²) >= 11 is 3.65. The standard InChI is InChI=1S/C23H25BrN4O/c1-15-10-11-19(12-16(15)2)25-14-22(29)27-26-13-21-17(3)28(18(4)23(21)24)20-8-6-5-7-9-20/h5-13,25H,14H2,1-4H3,(H,27,29)/b26-13-. The summed E-state index contributed by atoms with van der Waals surface area (Å²) in [7, 11) is 0. The molecule has 0 unspecified atom stereocenters. The van der Waals surface area contributed by atoms with Crippen molar-refractivity contribution in [3.8, 4) is 5.69 Å². The summed E-state index contributed by atoms with van der Waals surface area (Å²) in [6, 6.07) is 16.2.